The highest BCUT2D eigenvalue weighted by molar-refractivity contribution is 5.73. The first-order chi connectivity index (χ1) is 4.70. The molecule has 1 heterocycles. The van der Waals surface area contributed by atoms with Crippen LogP contribution >= 0.6 is 0 Å². The van der Waals surface area contributed by atoms with E-state index in [1.807, 2.05) is 0 Å². The molecule has 4 N–H and O–H groups in total. The van der Waals surface area contributed by atoms with Crippen molar-refractivity contribution in [2.24, 2.45) is 11.7 Å². The third kappa shape index (κ3) is 1.68. The molecule has 1 aliphatic rings. The molecule has 1 atom stereocenters. The monoisotopic (exact) mass is 144 g/mol. The molecule has 0 aromatic carbocycles. The van der Waals surface area contributed by atoms with Gasteiger partial charge in [-0.2, -0.15) is 0 Å². The maximum absolute atomic E-state index is 10.2. The van der Waals surface area contributed by atoms with E-state index in [9.17, 15) is 4.79 Å². The summed E-state index contributed by atoms with van der Waals surface area (Å²) in [4.78, 5) is 10.2. The van der Waals surface area contributed by atoms with Gasteiger partial charge in [0.25, 0.3) is 0 Å². The summed E-state index contributed by atoms with van der Waals surface area (Å²) in [6.45, 7) is 1.84. The van der Waals surface area contributed by atoms with Gasteiger partial charge in [-0.15, -0.1) is 0 Å². The van der Waals surface area contributed by atoms with Crippen LogP contribution in [0.4, 0.5) is 0 Å². The second-order valence-corrected chi connectivity index (χ2v) is 2.70. The first kappa shape index (κ1) is 7.50. The highest BCUT2D eigenvalue weighted by Gasteiger charge is 2.22. The molecule has 10 heavy (non-hydrogen) atoms. The van der Waals surface area contributed by atoms with Crippen LogP contribution < -0.4 is 11.1 Å². The Morgan fingerprint density at radius 1 is 1.80 bits per heavy atom. The number of hydrogen-bond donors (Lipinski definition) is 3. The van der Waals surface area contributed by atoms with Gasteiger partial charge in [-0.25, -0.2) is 0 Å². The van der Waals surface area contributed by atoms with Gasteiger partial charge in [-0.05, 0) is 25.4 Å². The summed E-state index contributed by atoms with van der Waals surface area (Å²) in [5, 5.41) is 11.5. The van der Waals surface area contributed by atoms with Crippen molar-refractivity contribution < 1.29 is 9.90 Å². The number of hydrogen-bond acceptors (Lipinski definition) is 3. The molecule has 58 valence electrons. The van der Waals surface area contributed by atoms with Gasteiger partial charge in [0, 0.05) is 0 Å². The van der Waals surface area contributed by atoms with Crippen molar-refractivity contribution in [3.05, 3.63) is 0 Å². The maximum Gasteiger partial charge on any atom is 0.320 e. The van der Waals surface area contributed by atoms with E-state index >= 15 is 0 Å². The van der Waals surface area contributed by atoms with E-state index in [2.05, 4.69) is 5.32 Å². The summed E-state index contributed by atoms with van der Waals surface area (Å²) in [6, 6.07) is -0.674. The van der Waals surface area contributed by atoms with Crippen LogP contribution in [-0.4, -0.2) is 30.2 Å². The molecular formula is C6H12N2O2. The van der Waals surface area contributed by atoms with Gasteiger partial charge in [0.1, 0.15) is 6.04 Å². The lowest BCUT2D eigenvalue weighted by Crippen LogP contribution is -2.46. The molecule has 1 fully saturated rings. The molecule has 1 aliphatic heterocycles. The Bertz CT molecular complexity index is 134. The smallest absolute Gasteiger partial charge is 0.320 e. The Kier molecular flexibility index (Phi) is 2.24. The molecule has 0 bridgehead atoms. The van der Waals surface area contributed by atoms with Crippen LogP contribution in [0, 0.1) is 5.92 Å². The molecule has 1 saturated heterocycles. The third-order valence-electron chi connectivity index (χ3n) is 1.77. The first-order valence-corrected chi connectivity index (χ1v) is 3.39. The van der Waals surface area contributed by atoms with Crippen LogP contribution in [0.1, 0.15) is 6.42 Å². The second kappa shape index (κ2) is 2.98. The fourth-order valence-corrected chi connectivity index (χ4v) is 0.975. The van der Waals surface area contributed by atoms with Gasteiger partial charge in [0.15, 0.2) is 0 Å². The molecule has 0 aromatic heterocycles. The summed E-state index contributed by atoms with van der Waals surface area (Å²) >= 11 is 0. The Morgan fingerprint density at radius 3 is 2.70 bits per heavy atom. The van der Waals surface area contributed by atoms with Crippen molar-refractivity contribution in [2.45, 2.75) is 12.5 Å². The van der Waals surface area contributed by atoms with Gasteiger partial charge >= 0.3 is 5.97 Å². The molecule has 1 rings (SSSR count). The van der Waals surface area contributed by atoms with E-state index < -0.39 is 12.0 Å². The van der Waals surface area contributed by atoms with Crippen LogP contribution in [0.15, 0.2) is 0 Å². The summed E-state index contributed by atoms with van der Waals surface area (Å²) in [7, 11) is 0. The number of aliphatic carboxylic acids is 1. The van der Waals surface area contributed by atoms with Crippen molar-refractivity contribution >= 4 is 5.97 Å². The van der Waals surface area contributed by atoms with E-state index in [1.54, 1.807) is 0 Å². The highest BCUT2D eigenvalue weighted by Crippen LogP contribution is 2.09. The van der Waals surface area contributed by atoms with Gasteiger partial charge in [0.2, 0.25) is 0 Å². The first-order valence-electron chi connectivity index (χ1n) is 3.39. The minimum atomic E-state index is -0.896. The number of carboxylic acid groups (broad SMARTS) is 1. The van der Waals surface area contributed by atoms with Crippen molar-refractivity contribution in [2.75, 3.05) is 13.1 Å². The SMILES string of the molecule is NC(CC1CNC1)C(=O)O. The Hall–Kier alpha value is -0.610. The van der Waals surface area contributed by atoms with E-state index in [-0.39, 0.29) is 0 Å². The molecule has 4 heteroatoms. The number of nitrogens with one attached hydrogen (secondary N) is 1. The van der Waals surface area contributed by atoms with Crippen LogP contribution in [-0.2, 0) is 4.79 Å². The highest BCUT2D eigenvalue weighted by atomic mass is 16.4. The minimum absolute atomic E-state index is 0.478. The lowest BCUT2D eigenvalue weighted by atomic mass is 9.95. The zero-order valence-corrected chi connectivity index (χ0v) is 5.71. The molecule has 0 aromatic rings. The van der Waals surface area contributed by atoms with Gasteiger partial charge in [-0.1, -0.05) is 0 Å². The van der Waals surface area contributed by atoms with Crippen molar-refractivity contribution in [1.82, 2.24) is 5.32 Å². The van der Waals surface area contributed by atoms with E-state index in [0.29, 0.717) is 12.3 Å². The van der Waals surface area contributed by atoms with Gasteiger partial charge in [-0.3, -0.25) is 4.79 Å². The molecule has 0 amide bonds. The largest absolute Gasteiger partial charge is 0.480 e. The zero-order chi connectivity index (χ0) is 7.56. The van der Waals surface area contributed by atoms with E-state index in [0.717, 1.165) is 13.1 Å². The minimum Gasteiger partial charge on any atom is -0.480 e. The average Bonchev–Trinajstić information content (AvgIpc) is 1.77. The number of carboxylic acids is 1. The number of rotatable bonds is 3. The Labute approximate surface area is 59.4 Å². The lowest BCUT2D eigenvalue weighted by molar-refractivity contribution is -0.139. The van der Waals surface area contributed by atoms with Crippen molar-refractivity contribution in [1.29, 1.82) is 0 Å². The maximum atomic E-state index is 10.2. The molecular weight excluding hydrogens is 132 g/mol. The quantitative estimate of drug-likeness (QED) is 0.475. The second-order valence-electron chi connectivity index (χ2n) is 2.70. The van der Waals surface area contributed by atoms with Crippen LogP contribution in [0.2, 0.25) is 0 Å². The summed E-state index contributed by atoms with van der Waals surface area (Å²) in [5.41, 5.74) is 5.30. The van der Waals surface area contributed by atoms with Crippen molar-refractivity contribution in [3.63, 3.8) is 0 Å². The van der Waals surface area contributed by atoms with Crippen LogP contribution in [0.3, 0.4) is 0 Å². The normalized spacial score (nSPS) is 21.7. The topological polar surface area (TPSA) is 75.3 Å². The van der Waals surface area contributed by atoms with Crippen molar-refractivity contribution in [3.8, 4) is 0 Å². The molecule has 1 unspecified atom stereocenters. The fourth-order valence-electron chi connectivity index (χ4n) is 0.975. The molecule has 0 radical (unpaired) electrons. The van der Waals surface area contributed by atoms with Crippen LogP contribution in [0.25, 0.3) is 0 Å². The molecule has 0 spiro atoms. The van der Waals surface area contributed by atoms with Gasteiger partial charge in [0.05, 0.1) is 0 Å². The zero-order valence-electron chi connectivity index (χ0n) is 5.71. The summed E-state index contributed by atoms with van der Waals surface area (Å²) in [6.07, 6.45) is 0.600. The van der Waals surface area contributed by atoms with E-state index in [4.69, 9.17) is 10.8 Å². The van der Waals surface area contributed by atoms with E-state index in [1.165, 1.54) is 0 Å². The standard InChI is InChI=1S/C6H12N2O2/c7-5(6(9)10)1-4-2-8-3-4/h4-5,8H,1-3,7H2,(H,9,10). The average molecular weight is 144 g/mol. The Balaban J connectivity index is 2.16. The molecule has 0 saturated carbocycles. The fraction of sp³-hybridized carbons (Fsp3) is 0.833. The summed E-state index contributed by atoms with van der Waals surface area (Å²) < 4.78 is 0. The summed E-state index contributed by atoms with van der Waals surface area (Å²) in [5.74, 6) is -0.419. The molecule has 0 aliphatic carbocycles. The third-order valence-corrected chi connectivity index (χ3v) is 1.77. The van der Waals surface area contributed by atoms with Gasteiger partial charge < -0.3 is 16.2 Å². The number of carbonyl (C=O) groups is 1. The predicted octanol–water partition coefficient (Wildman–Crippen LogP) is -0.992. The lowest BCUT2D eigenvalue weighted by Gasteiger charge is -2.28. The van der Waals surface area contributed by atoms with Crippen LogP contribution in [0.5, 0.6) is 0 Å². The predicted molar refractivity (Wildman–Crippen MR) is 36.6 cm³/mol. The number of nitrogens with two attached hydrogens (primary N) is 1. The molecule has 4 nitrogen and oxygen atoms in total. The Morgan fingerprint density at radius 2 is 2.40 bits per heavy atom.